The molecule has 2 amide bonds. The van der Waals surface area contributed by atoms with Gasteiger partial charge in [0, 0.05) is 12.2 Å². The van der Waals surface area contributed by atoms with Crippen molar-refractivity contribution in [3.8, 4) is 0 Å². The van der Waals surface area contributed by atoms with Crippen LogP contribution < -0.4 is 10.6 Å². The Labute approximate surface area is 137 Å². The lowest BCUT2D eigenvalue weighted by Gasteiger charge is -2.07. The Hall–Kier alpha value is -1.49. The van der Waals surface area contributed by atoms with Crippen LogP contribution in [0.15, 0.2) is 24.3 Å². The van der Waals surface area contributed by atoms with Crippen molar-refractivity contribution in [1.29, 1.82) is 0 Å². The molecule has 0 atom stereocenters. The van der Waals surface area contributed by atoms with Gasteiger partial charge in [0.05, 0.1) is 11.5 Å². The lowest BCUT2D eigenvalue weighted by molar-refractivity contribution is -0.118. The molecule has 4 nitrogen and oxygen atoms in total. The van der Waals surface area contributed by atoms with Crippen LogP contribution in [0, 0.1) is 12.8 Å². The normalized spacial score (nSPS) is 10.5. The molecule has 0 spiro atoms. The number of hydrogen-bond donors (Lipinski definition) is 2. The molecule has 0 fully saturated rings. The predicted molar refractivity (Wildman–Crippen MR) is 94.2 cm³/mol. The van der Waals surface area contributed by atoms with Gasteiger partial charge in [0.2, 0.25) is 11.8 Å². The summed E-state index contributed by atoms with van der Waals surface area (Å²) in [6.07, 6.45) is 2.12. The third-order valence-corrected chi connectivity index (χ3v) is 3.98. The smallest absolute Gasteiger partial charge is 0.234 e. The second-order valence-electron chi connectivity index (χ2n) is 5.80. The van der Waals surface area contributed by atoms with Crippen molar-refractivity contribution < 1.29 is 9.59 Å². The second-order valence-corrected chi connectivity index (χ2v) is 6.78. The maximum atomic E-state index is 11.8. The molecule has 0 aliphatic heterocycles. The Kier molecular flexibility index (Phi) is 8.67. The zero-order valence-corrected chi connectivity index (χ0v) is 14.5. The topological polar surface area (TPSA) is 58.2 Å². The summed E-state index contributed by atoms with van der Waals surface area (Å²) in [7, 11) is 0. The molecule has 0 bridgehead atoms. The number of rotatable bonds is 9. The third kappa shape index (κ3) is 8.72. The van der Waals surface area contributed by atoms with Gasteiger partial charge >= 0.3 is 0 Å². The van der Waals surface area contributed by atoms with Crippen LogP contribution in [0.4, 0.5) is 5.69 Å². The zero-order valence-electron chi connectivity index (χ0n) is 13.6. The maximum Gasteiger partial charge on any atom is 0.234 e. The molecule has 1 rings (SSSR count). The molecule has 2 N–H and O–H groups in total. The van der Waals surface area contributed by atoms with Crippen molar-refractivity contribution in [2.75, 3.05) is 23.4 Å². The van der Waals surface area contributed by atoms with Gasteiger partial charge in [-0.25, -0.2) is 0 Å². The van der Waals surface area contributed by atoms with E-state index in [1.165, 1.54) is 11.8 Å². The fourth-order valence-electron chi connectivity index (χ4n) is 1.95. The van der Waals surface area contributed by atoms with Crippen molar-refractivity contribution in [3.63, 3.8) is 0 Å². The first-order valence-electron chi connectivity index (χ1n) is 7.68. The van der Waals surface area contributed by atoms with Gasteiger partial charge in [-0.15, -0.1) is 11.8 Å². The van der Waals surface area contributed by atoms with Crippen molar-refractivity contribution in [2.24, 2.45) is 5.92 Å². The predicted octanol–water partition coefficient (Wildman–Crippen LogP) is 3.22. The van der Waals surface area contributed by atoms with Crippen LogP contribution in [0.5, 0.6) is 0 Å². The van der Waals surface area contributed by atoms with Gasteiger partial charge in [-0.1, -0.05) is 26.0 Å². The number of carbonyl (C=O) groups excluding carboxylic acids is 2. The highest BCUT2D eigenvalue weighted by Gasteiger charge is 2.06. The largest absolute Gasteiger partial charge is 0.355 e. The maximum absolute atomic E-state index is 11.8. The minimum Gasteiger partial charge on any atom is -0.355 e. The van der Waals surface area contributed by atoms with E-state index in [0.717, 1.165) is 24.1 Å². The number of hydrogen-bond acceptors (Lipinski definition) is 3. The van der Waals surface area contributed by atoms with E-state index in [9.17, 15) is 9.59 Å². The summed E-state index contributed by atoms with van der Waals surface area (Å²) >= 11 is 1.33. The van der Waals surface area contributed by atoms with Gasteiger partial charge in [-0.2, -0.15) is 0 Å². The third-order valence-electron chi connectivity index (χ3n) is 3.05. The quantitative estimate of drug-likeness (QED) is 0.686. The molecule has 5 heteroatoms. The number of anilines is 1. The van der Waals surface area contributed by atoms with Crippen LogP contribution in [0.25, 0.3) is 0 Å². The first-order valence-corrected chi connectivity index (χ1v) is 8.84. The Morgan fingerprint density at radius 1 is 1.18 bits per heavy atom. The van der Waals surface area contributed by atoms with E-state index in [1.807, 2.05) is 31.2 Å². The lowest BCUT2D eigenvalue weighted by atomic mass is 10.1. The average molecular weight is 322 g/mol. The highest BCUT2D eigenvalue weighted by molar-refractivity contribution is 8.00. The number of aryl methyl sites for hydroxylation is 1. The molecular formula is C17H26N2O2S. The van der Waals surface area contributed by atoms with Gasteiger partial charge in [0.1, 0.15) is 0 Å². The molecule has 0 aliphatic rings. The minimum absolute atomic E-state index is 0.00267. The van der Waals surface area contributed by atoms with Crippen LogP contribution in [-0.2, 0) is 9.59 Å². The zero-order chi connectivity index (χ0) is 16.4. The van der Waals surface area contributed by atoms with Crippen molar-refractivity contribution in [1.82, 2.24) is 5.32 Å². The number of nitrogens with one attached hydrogen (secondary N) is 2. The number of thioether (sulfide) groups is 1. The van der Waals surface area contributed by atoms with E-state index < -0.39 is 0 Å². The molecule has 1 aromatic rings. The number of amides is 2. The first-order chi connectivity index (χ1) is 10.5. The highest BCUT2D eigenvalue weighted by Crippen LogP contribution is 2.10. The Balaban J connectivity index is 2.13. The minimum atomic E-state index is -0.0804. The fraction of sp³-hybridized carbons (Fsp3) is 0.529. The summed E-state index contributed by atoms with van der Waals surface area (Å²) in [5.41, 5.74) is 1.90. The molecule has 122 valence electrons. The molecule has 0 unspecified atom stereocenters. The van der Waals surface area contributed by atoms with E-state index >= 15 is 0 Å². The van der Waals surface area contributed by atoms with Gasteiger partial charge in [-0.05, 0) is 43.4 Å². The van der Waals surface area contributed by atoms with Crippen LogP contribution in [0.2, 0.25) is 0 Å². The molecular weight excluding hydrogens is 296 g/mol. The van der Waals surface area contributed by atoms with Crippen LogP contribution >= 0.6 is 11.8 Å². The van der Waals surface area contributed by atoms with Gasteiger partial charge in [0.25, 0.3) is 0 Å². The fourth-order valence-corrected chi connectivity index (χ4v) is 2.59. The molecule has 0 radical (unpaired) electrons. The van der Waals surface area contributed by atoms with E-state index in [-0.39, 0.29) is 17.6 Å². The van der Waals surface area contributed by atoms with E-state index in [2.05, 4.69) is 24.5 Å². The Morgan fingerprint density at radius 3 is 2.59 bits per heavy atom. The summed E-state index contributed by atoms with van der Waals surface area (Å²) < 4.78 is 0. The van der Waals surface area contributed by atoms with Crippen LogP contribution in [-0.4, -0.2) is 29.9 Å². The van der Waals surface area contributed by atoms with E-state index in [0.29, 0.717) is 18.2 Å². The molecule has 0 saturated heterocycles. The summed E-state index contributed by atoms with van der Waals surface area (Å²) in [6, 6.07) is 7.66. The van der Waals surface area contributed by atoms with E-state index in [1.54, 1.807) is 0 Å². The van der Waals surface area contributed by atoms with Gasteiger partial charge in [-0.3, -0.25) is 9.59 Å². The number of carbonyl (C=O) groups is 2. The van der Waals surface area contributed by atoms with Crippen molar-refractivity contribution in [3.05, 3.63) is 29.8 Å². The molecule has 0 aliphatic carbocycles. The standard InChI is InChI=1S/C17H26N2O2S/c1-13(2)6-5-9-18-16(20)11-22-12-17(21)19-15-8-4-7-14(3)10-15/h4,7-8,10,13H,5-6,9,11-12H2,1-3H3,(H,18,20)(H,19,21). The van der Waals surface area contributed by atoms with Gasteiger partial charge in [0.15, 0.2) is 0 Å². The van der Waals surface area contributed by atoms with Gasteiger partial charge < -0.3 is 10.6 Å². The molecule has 22 heavy (non-hydrogen) atoms. The molecule has 1 aromatic carbocycles. The first kappa shape index (κ1) is 18.6. The van der Waals surface area contributed by atoms with E-state index in [4.69, 9.17) is 0 Å². The molecule has 0 heterocycles. The SMILES string of the molecule is Cc1cccc(NC(=O)CSCC(=O)NCCCC(C)C)c1. The summed E-state index contributed by atoms with van der Waals surface area (Å²) in [5.74, 6) is 1.19. The van der Waals surface area contributed by atoms with Crippen molar-refractivity contribution in [2.45, 2.75) is 33.6 Å². The Morgan fingerprint density at radius 2 is 1.91 bits per heavy atom. The average Bonchev–Trinajstić information content (AvgIpc) is 2.43. The Bertz CT molecular complexity index is 489. The van der Waals surface area contributed by atoms with Crippen LogP contribution in [0.3, 0.4) is 0 Å². The molecule has 0 saturated carbocycles. The monoisotopic (exact) mass is 322 g/mol. The second kappa shape index (κ2) is 10.3. The summed E-state index contributed by atoms with van der Waals surface area (Å²) in [4.78, 5) is 23.4. The highest BCUT2D eigenvalue weighted by atomic mass is 32.2. The van der Waals surface area contributed by atoms with Crippen molar-refractivity contribution >= 4 is 29.3 Å². The van der Waals surface area contributed by atoms with Crippen LogP contribution in [0.1, 0.15) is 32.3 Å². The summed E-state index contributed by atoms with van der Waals surface area (Å²) in [6.45, 7) is 7.04. The lowest BCUT2D eigenvalue weighted by Crippen LogP contribution is -2.27. The molecule has 0 aromatic heterocycles. The summed E-state index contributed by atoms with van der Waals surface area (Å²) in [5, 5.41) is 5.71. The number of benzene rings is 1.